The van der Waals surface area contributed by atoms with Gasteiger partial charge in [0.1, 0.15) is 23.3 Å². The normalized spacial score (nSPS) is 10.6. The lowest BCUT2D eigenvalue weighted by atomic mass is 10.1. The molecule has 0 unspecified atom stereocenters. The SMILES string of the molecule is N#Cc1c(N)nc(SCc2ccc(Cl)cc2Cl)nc1Cc1ccc(F)cc1. The van der Waals surface area contributed by atoms with Gasteiger partial charge in [-0.25, -0.2) is 14.4 Å². The molecule has 0 saturated carbocycles. The first-order valence-electron chi connectivity index (χ1n) is 7.84. The van der Waals surface area contributed by atoms with Gasteiger partial charge in [0.05, 0.1) is 5.69 Å². The number of nitrogens with two attached hydrogens (primary N) is 1. The van der Waals surface area contributed by atoms with E-state index in [1.54, 1.807) is 24.3 Å². The predicted octanol–water partition coefficient (Wildman–Crippen LogP) is 5.26. The van der Waals surface area contributed by atoms with Gasteiger partial charge in [-0.1, -0.05) is 53.2 Å². The van der Waals surface area contributed by atoms with Crippen molar-refractivity contribution in [3.63, 3.8) is 0 Å². The van der Waals surface area contributed by atoms with Gasteiger partial charge in [-0.3, -0.25) is 0 Å². The molecule has 1 aromatic heterocycles. The lowest BCUT2D eigenvalue weighted by Gasteiger charge is -2.09. The molecule has 0 bridgehead atoms. The molecule has 136 valence electrons. The van der Waals surface area contributed by atoms with Crippen molar-refractivity contribution in [3.8, 4) is 6.07 Å². The minimum absolute atomic E-state index is 0.120. The maximum absolute atomic E-state index is 13.1. The molecular weight excluding hydrogens is 406 g/mol. The van der Waals surface area contributed by atoms with Crippen molar-refractivity contribution in [1.29, 1.82) is 5.26 Å². The fraction of sp³-hybridized carbons (Fsp3) is 0.105. The van der Waals surface area contributed by atoms with Gasteiger partial charge in [-0.2, -0.15) is 5.26 Å². The van der Waals surface area contributed by atoms with Gasteiger partial charge in [0.2, 0.25) is 0 Å². The van der Waals surface area contributed by atoms with Crippen LogP contribution in [0.5, 0.6) is 0 Å². The van der Waals surface area contributed by atoms with Crippen LogP contribution >= 0.6 is 35.0 Å². The van der Waals surface area contributed by atoms with Crippen LogP contribution in [0.4, 0.5) is 10.2 Å². The molecule has 2 N–H and O–H groups in total. The Morgan fingerprint density at radius 1 is 1.11 bits per heavy atom. The highest BCUT2D eigenvalue weighted by molar-refractivity contribution is 7.98. The molecule has 0 atom stereocenters. The molecule has 8 heteroatoms. The van der Waals surface area contributed by atoms with Crippen LogP contribution in [0.25, 0.3) is 0 Å². The summed E-state index contributed by atoms with van der Waals surface area (Å²) in [7, 11) is 0. The highest BCUT2D eigenvalue weighted by Crippen LogP contribution is 2.28. The van der Waals surface area contributed by atoms with Crippen LogP contribution < -0.4 is 5.73 Å². The Balaban J connectivity index is 1.85. The Kier molecular flexibility index (Phi) is 6.17. The van der Waals surface area contributed by atoms with E-state index < -0.39 is 0 Å². The second-order valence-electron chi connectivity index (χ2n) is 5.65. The number of hydrogen-bond donors (Lipinski definition) is 1. The summed E-state index contributed by atoms with van der Waals surface area (Å²) < 4.78 is 13.1. The van der Waals surface area contributed by atoms with Gasteiger partial charge < -0.3 is 5.73 Å². The van der Waals surface area contributed by atoms with Gasteiger partial charge in [0.25, 0.3) is 0 Å². The molecule has 2 aromatic carbocycles. The first-order chi connectivity index (χ1) is 13.0. The number of hydrogen-bond acceptors (Lipinski definition) is 5. The quantitative estimate of drug-likeness (QED) is 0.451. The third-order valence-electron chi connectivity index (χ3n) is 3.76. The molecule has 0 aliphatic carbocycles. The maximum Gasteiger partial charge on any atom is 0.190 e. The van der Waals surface area contributed by atoms with Crippen molar-refractivity contribution in [2.24, 2.45) is 0 Å². The van der Waals surface area contributed by atoms with E-state index in [4.69, 9.17) is 28.9 Å². The molecule has 4 nitrogen and oxygen atoms in total. The molecule has 0 aliphatic rings. The number of nitrogen functional groups attached to an aromatic ring is 1. The summed E-state index contributed by atoms with van der Waals surface area (Å²) in [5.74, 6) is 0.323. The molecular formula is C19H13Cl2FN4S. The highest BCUT2D eigenvalue weighted by Gasteiger charge is 2.14. The number of benzene rings is 2. The van der Waals surface area contributed by atoms with Gasteiger partial charge in [-0.15, -0.1) is 0 Å². The van der Waals surface area contributed by atoms with E-state index in [9.17, 15) is 9.65 Å². The van der Waals surface area contributed by atoms with Gasteiger partial charge in [0, 0.05) is 22.2 Å². The van der Waals surface area contributed by atoms with E-state index in [-0.39, 0.29) is 17.2 Å². The predicted molar refractivity (Wildman–Crippen MR) is 106 cm³/mol. The third-order valence-corrected chi connectivity index (χ3v) is 5.24. The number of nitriles is 1. The number of rotatable bonds is 5. The zero-order valence-corrected chi connectivity index (χ0v) is 16.2. The van der Waals surface area contributed by atoms with Crippen LogP contribution in [0, 0.1) is 17.1 Å². The number of aromatic nitrogens is 2. The molecule has 0 aliphatic heterocycles. The number of halogens is 3. The molecule has 3 aromatic rings. The highest BCUT2D eigenvalue weighted by atomic mass is 35.5. The Hall–Kier alpha value is -2.33. The monoisotopic (exact) mass is 418 g/mol. The molecule has 0 saturated heterocycles. The van der Waals surface area contributed by atoms with Crippen molar-refractivity contribution in [3.05, 3.63) is 80.7 Å². The standard InChI is InChI=1S/C19H13Cl2FN4S/c20-13-4-3-12(16(21)8-13)10-27-19-25-17(15(9-23)18(24)26-19)7-11-1-5-14(22)6-2-11/h1-6,8H,7,10H2,(H2,24,25,26). The minimum atomic E-state index is -0.322. The van der Waals surface area contributed by atoms with Gasteiger partial charge >= 0.3 is 0 Å². The van der Waals surface area contributed by atoms with Crippen LogP contribution in [0.2, 0.25) is 10.0 Å². The second kappa shape index (κ2) is 8.57. The summed E-state index contributed by atoms with van der Waals surface area (Å²) in [6.45, 7) is 0. The van der Waals surface area contributed by atoms with Gasteiger partial charge in [0.15, 0.2) is 5.16 Å². The maximum atomic E-state index is 13.1. The smallest absolute Gasteiger partial charge is 0.190 e. The average molecular weight is 419 g/mol. The van der Waals surface area contributed by atoms with E-state index in [1.165, 1.54) is 23.9 Å². The van der Waals surface area contributed by atoms with Crippen molar-refractivity contribution in [1.82, 2.24) is 9.97 Å². The summed E-state index contributed by atoms with van der Waals surface area (Å²) in [6, 6.07) is 13.3. The minimum Gasteiger partial charge on any atom is -0.382 e. The van der Waals surface area contributed by atoms with Crippen LogP contribution in [-0.4, -0.2) is 9.97 Å². The Labute approximate surface area is 170 Å². The van der Waals surface area contributed by atoms with Crippen LogP contribution in [0.1, 0.15) is 22.4 Å². The number of thioether (sulfide) groups is 1. The second-order valence-corrected chi connectivity index (χ2v) is 7.44. The fourth-order valence-electron chi connectivity index (χ4n) is 2.39. The number of anilines is 1. The fourth-order valence-corrected chi connectivity index (χ4v) is 3.82. The largest absolute Gasteiger partial charge is 0.382 e. The summed E-state index contributed by atoms with van der Waals surface area (Å²) in [4.78, 5) is 8.67. The van der Waals surface area contributed by atoms with Gasteiger partial charge in [-0.05, 0) is 35.4 Å². The summed E-state index contributed by atoms with van der Waals surface area (Å²) in [5, 5.41) is 10.9. The van der Waals surface area contributed by atoms with E-state index in [1.807, 2.05) is 12.1 Å². The van der Waals surface area contributed by atoms with Crippen LogP contribution in [-0.2, 0) is 12.2 Å². The molecule has 27 heavy (non-hydrogen) atoms. The molecule has 0 radical (unpaired) electrons. The molecule has 3 rings (SSSR count). The Morgan fingerprint density at radius 3 is 2.52 bits per heavy atom. The van der Waals surface area contributed by atoms with Crippen molar-refractivity contribution >= 4 is 40.8 Å². The van der Waals surface area contributed by atoms with Crippen LogP contribution in [0.3, 0.4) is 0 Å². The van der Waals surface area contributed by atoms with Crippen molar-refractivity contribution < 1.29 is 4.39 Å². The first kappa shape index (κ1) is 19.4. The average Bonchev–Trinajstić information content (AvgIpc) is 2.63. The van der Waals surface area contributed by atoms with Crippen molar-refractivity contribution in [2.75, 3.05) is 5.73 Å². The molecule has 0 amide bonds. The summed E-state index contributed by atoms with van der Waals surface area (Å²) in [6.07, 6.45) is 0.352. The first-order valence-corrected chi connectivity index (χ1v) is 9.58. The van der Waals surface area contributed by atoms with E-state index in [0.29, 0.717) is 33.1 Å². The zero-order chi connectivity index (χ0) is 19.4. The summed E-state index contributed by atoms with van der Waals surface area (Å²) >= 11 is 13.5. The van der Waals surface area contributed by atoms with Crippen molar-refractivity contribution in [2.45, 2.75) is 17.3 Å². The lowest BCUT2D eigenvalue weighted by Crippen LogP contribution is -2.06. The van der Waals surface area contributed by atoms with E-state index in [2.05, 4.69) is 9.97 Å². The summed E-state index contributed by atoms with van der Waals surface area (Å²) in [5.41, 5.74) is 8.38. The molecule has 0 fully saturated rings. The molecule has 0 spiro atoms. The lowest BCUT2D eigenvalue weighted by molar-refractivity contribution is 0.627. The zero-order valence-electron chi connectivity index (χ0n) is 13.9. The topological polar surface area (TPSA) is 75.6 Å². The van der Waals surface area contributed by atoms with Crippen LogP contribution in [0.15, 0.2) is 47.6 Å². The Morgan fingerprint density at radius 2 is 1.85 bits per heavy atom. The van der Waals surface area contributed by atoms with E-state index in [0.717, 1.165) is 11.1 Å². The third kappa shape index (κ3) is 4.89. The Bertz CT molecular complexity index is 1020. The van der Waals surface area contributed by atoms with E-state index >= 15 is 0 Å². The number of nitrogens with zero attached hydrogens (tertiary/aromatic N) is 3. The molecule has 1 heterocycles.